The van der Waals surface area contributed by atoms with E-state index in [1.165, 1.54) is 11.3 Å². The first kappa shape index (κ1) is 13.8. The molecule has 1 aromatic carbocycles. The Bertz CT molecular complexity index is 623. The predicted octanol–water partition coefficient (Wildman–Crippen LogP) is 2.27. The fourth-order valence-electron chi connectivity index (χ4n) is 1.37. The lowest BCUT2D eigenvalue weighted by Gasteiger charge is -2.07. The minimum absolute atomic E-state index is 0.101. The van der Waals surface area contributed by atoms with Crippen molar-refractivity contribution in [2.24, 2.45) is 0 Å². The van der Waals surface area contributed by atoms with Crippen LogP contribution in [0.4, 0.5) is 5.13 Å². The zero-order chi connectivity index (χ0) is 13.7. The molecule has 0 unspecified atom stereocenters. The first-order valence-electron chi connectivity index (χ1n) is 5.66. The molecule has 0 fully saturated rings. The summed E-state index contributed by atoms with van der Waals surface area (Å²) in [4.78, 5) is 4.91. The standard InChI is InChI=1S/C12H14N2O3S2/c1-10-9-13-12(18-10)14-19(15,16)8-7-17-11-5-3-2-4-6-11/h2-6,9H,7-8H2,1H3,(H,13,14). The summed E-state index contributed by atoms with van der Waals surface area (Å²) in [5, 5.41) is 0.386. The molecule has 0 bridgehead atoms. The van der Waals surface area contributed by atoms with Gasteiger partial charge < -0.3 is 4.74 Å². The van der Waals surface area contributed by atoms with Crippen molar-refractivity contribution in [2.75, 3.05) is 17.1 Å². The van der Waals surface area contributed by atoms with E-state index in [9.17, 15) is 8.42 Å². The summed E-state index contributed by atoms with van der Waals surface area (Å²) in [7, 11) is -3.42. The van der Waals surface area contributed by atoms with Gasteiger partial charge in [0.15, 0.2) is 5.13 Å². The van der Waals surface area contributed by atoms with Crippen LogP contribution < -0.4 is 9.46 Å². The predicted molar refractivity (Wildman–Crippen MR) is 76.2 cm³/mol. The number of rotatable bonds is 6. The van der Waals surface area contributed by atoms with Crippen molar-refractivity contribution in [2.45, 2.75) is 6.92 Å². The van der Waals surface area contributed by atoms with Crippen LogP contribution in [0.5, 0.6) is 5.75 Å². The first-order valence-corrected chi connectivity index (χ1v) is 8.13. The lowest BCUT2D eigenvalue weighted by atomic mass is 10.3. The number of thiazole rings is 1. The number of hydrogen-bond acceptors (Lipinski definition) is 5. The Labute approximate surface area is 116 Å². The molecule has 0 amide bonds. The number of hydrogen-bond donors (Lipinski definition) is 1. The van der Waals surface area contributed by atoms with Gasteiger partial charge in [-0.3, -0.25) is 4.72 Å². The smallest absolute Gasteiger partial charge is 0.237 e. The Kier molecular flexibility index (Phi) is 4.39. The molecule has 5 nitrogen and oxygen atoms in total. The van der Waals surface area contributed by atoms with Gasteiger partial charge in [0.05, 0.1) is 0 Å². The van der Waals surface area contributed by atoms with Crippen LogP contribution in [-0.4, -0.2) is 25.8 Å². The average molecular weight is 298 g/mol. The molecule has 0 saturated heterocycles. The van der Waals surface area contributed by atoms with Crippen LogP contribution in [0.1, 0.15) is 4.88 Å². The monoisotopic (exact) mass is 298 g/mol. The molecule has 0 aliphatic rings. The molecule has 2 rings (SSSR count). The fraction of sp³-hybridized carbons (Fsp3) is 0.250. The van der Waals surface area contributed by atoms with Crippen molar-refractivity contribution in [3.8, 4) is 5.75 Å². The van der Waals surface area contributed by atoms with Crippen molar-refractivity contribution < 1.29 is 13.2 Å². The third kappa shape index (κ3) is 4.53. The quantitative estimate of drug-likeness (QED) is 0.888. The van der Waals surface area contributed by atoms with Crippen LogP contribution in [0.25, 0.3) is 0 Å². The van der Waals surface area contributed by atoms with Gasteiger partial charge in [0.1, 0.15) is 18.1 Å². The van der Waals surface area contributed by atoms with Crippen LogP contribution in [0.3, 0.4) is 0 Å². The van der Waals surface area contributed by atoms with Crippen molar-refractivity contribution in [3.63, 3.8) is 0 Å². The van der Waals surface area contributed by atoms with E-state index in [0.717, 1.165) is 4.88 Å². The lowest BCUT2D eigenvalue weighted by molar-refractivity contribution is 0.341. The summed E-state index contributed by atoms with van der Waals surface area (Å²) in [5.74, 6) is 0.545. The molecule has 0 radical (unpaired) electrons. The molecule has 0 aliphatic heterocycles. The topological polar surface area (TPSA) is 68.3 Å². The number of aromatic nitrogens is 1. The zero-order valence-electron chi connectivity index (χ0n) is 10.4. The Hall–Kier alpha value is -1.60. The Morgan fingerprint density at radius 1 is 1.32 bits per heavy atom. The number of sulfonamides is 1. The normalized spacial score (nSPS) is 11.2. The number of anilines is 1. The second-order valence-electron chi connectivity index (χ2n) is 3.86. The van der Waals surface area contributed by atoms with E-state index in [0.29, 0.717) is 10.9 Å². The van der Waals surface area contributed by atoms with Crippen molar-refractivity contribution >= 4 is 26.5 Å². The number of para-hydroxylation sites is 1. The van der Waals surface area contributed by atoms with Crippen LogP contribution in [-0.2, 0) is 10.0 Å². The van der Waals surface area contributed by atoms with Gasteiger partial charge in [-0.25, -0.2) is 13.4 Å². The van der Waals surface area contributed by atoms with Crippen molar-refractivity contribution in [3.05, 3.63) is 41.4 Å². The summed E-state index contributed by atoms with van der Waals surface area (Å²) in [5.41, 5.74) is 0. The molecule has 0 saturated carbocycles. The Morgan fingerprint density at radius 2 is 2.05 bits per heavy atom. The number of benzene rings is 1. The highest BCUT2D eigenvalue weighted by atomic mass is 32.2. The number of nitrogens with one attached hydrogen (secondary N) is 1. The molecule has 102 valence electrons. The number of ether oxygens (including phenoxy) is 1. The molecule has 2 aromatic rings. The van der Waals surface area contributed by atoms with Crippen LogP contribution in [0.2, 0.25) is 0 Å². The van der Waals surface area contributed by atoms with E-state index in [4.69, 9.17) is 4.74 Å². The maximum Gasteiger partial charge on any atom is 0.237 e. The number of nitrogens with zero attached hydrogens (tertiary/aromatic N) is 1. The fourth-order valence-corrected chi connectivity index (χ4v) is 3.16. The highest BCUT2D eigenvalue weighted by molar-refractivity contribution is 7.92. The molecular weight excluding hydrogens is 284 g/mol. The minimum Gasteiger partial charge on any atom is -0.492 e. The van der Waals surface area contributed by atoms with Gasteiger partial charge in [-0.05, 0) is 19.1 Å². The zero-order valence-corrected chi connectivity index (χ0v) is 12.0. The molecule has 1 heterocycles. The minimum atomic E-state index is -3.42. The third-order valence-corrected chi connectivity index (χ3v) is 4.39. The molecule has 1 N–H and O–H groups in total. The highest BCUT2D eigenvalue weighted by Gasteiger charge is 2.12. The summed E-state index contributed by atoms with van der Waals surface area (Å²) in [6, 6.07) is 9.10. The average Bonchev–Trinajstić information content (AvgIpc) is 2.75. The summed E-state index contributed by atoms with van der Waals surface area (Å²) in [6.45, 7) is 1.97. The highest BCUT2D eigenvalue weighted by Crippen LogP contribution is 2.18. The van der Waals surface area contributed by atoms with Crippen LogP contribution in [0.15, 0.2) is 36.5 Å². The van der Waals surface area contributed by atoms with Gasteiger partial charge >= 0.3 is 0 Å². The van der Waals surface area contributed by atoms with Gasteiger partial charge in [-0.15, -0.1) is 11.3 Å². The lowest BCUT2D eigenvalue weighted by Crippen LogP contribution is -2.21. The van der Waals surface area contributed by atoms with Gasteiger partial charge in [-0.1, -0.05) is 18.2 Å². The summed E-state index contributed by atoms with van der Waals surface area (Å²) < 4.78 is 31.3. The Morgan fingerprint density at radius 3 is 2.68 bits per heavy atom. The van der Waals surface area contributed by atoms with Gasteiger partial charge in [-0.2, -0.15) is 0 Å². The molecule has 0 aliphatic carbocycles. The SMILES string of the molecule is Cc1cnc(NS(=O)(=O)CCOc2ccccc2)s1. The third-order valence-electron chi connectivity index (χ3n) is 2.23. The molecule has 7 heteroatoms. The van der Waals surface area contributed by atoms with Crippen LogP contribution >= 0.6 is 11.3 Å². The second kappa shape index (κ2) is 6.03. The van der Waals surface area contributed by atoms with Gasteiger partial charge in [0, 0.05) is 11.1 Å². The van der Waals surface area contributed by atoms with E-state index in [2.05, 4.69) is 9.71 Å². The Balaban J connectivity index is 1.84. The van der Waals surface area contributed by atoms with E-state index in [1.54, 1.807) is 18.3 Å². The van der Waals surface area contributed by atoms with E-state index >= 15 is 0 Å². The van der Waals surface area contributed by atoms with E-state index in [-0.39, 0.29) is 12.4 Å². The molecule has 0 atom stereocenters. The molecular formula is C12H14N2O3S2. The second-order valence-corrected chi connectivity index (χ2v) is 6.94. The van der Waals surface area contributed by atoms with Crippen molar-refractivity contribution in [1.29, 1.82) is 0 Å². The van der Waals surface area contributed by atoms with E-state index < -0.39 is 10.0 Å². The first-order chi connectivity index (χ1) is 9.05. The largest absolute Gasteiger partial charge is 0.492 e. The van der Waals surface area contributed by atoms with E-state index in [1.807, 2.05) is 25.1 Å². The number of aryl methyl sites for hydroxylation is 1. The van der Waals surface area contributed by atoms with Crippen LogP contribution in [0, 0.1) is 6.92 Å². The van der Waals surface area contributed by atoms with Gasteiger partial charge in [0.2, 0.25) is 10.0 Å². The maximum atomic E-state index is 11.8. The molecule has 1 aromatic heterocycles. The maximum absolute atomic E-state index is 11.8. The van der Waals surface area contributed by atoms with Crippen molar-refractivity contribution in [1.82, 2.24) is 4.98 Å². The molecule has 19 heavy (non-hydrogen) atoms. The van der Waals surface area contributed by atoms with Gasteiger partial charge in [0.25, 0.3) is 0 Å². The summed E-state index contributed by atoms with van der Waals surface area (Å²) >= 11 is 1.30. The molecule has 0 spiro atoms. The summed E-state index contributed by atoms with van der Waals surface area (Å²) in [6.07, 6.45) is 1.63.